The molecule has 1 aliphatic carbocycles. The van der Waals surface area contributed by atoms with Crippen molar-refractivity contribution in [2.75, 3.05) is 13.2 Å². The maximum Gasteiger partial charge on any atom is 0.134 e. The van der Waals surface area contributed by atoms with Gasteiger partial charge in [-0.15, -0.1) is 0 Å². The van der Waals surface area contributed by atoms with Gasteiger partial charge in [-0.25, -0.2) is 0 Å². The van der Waals surface area contributed by atoms with Gasteiger partial charge in [-0.05, 0) is 71.3 Å². The first kappa shape index (κ1) is 11.9. The van der Waals surface area contributed by atoms with Gasteiger partial charge >= 0.3 is 0 Å². The Morgan fingerprint density at radius 1 is 1.31 bits per heavy atom. The number of benzene rings is 1. The SMILES string of the molecule is Cc1cc(OCCN)c(Br)c2c1CCCC2. The maximum absolute atomic E-state index is 5.66. The molecule has 2 rings (SSSR count). The van der Waals surface area contributed by atoms with Crippen LogP contribution in [0, 0.1) is 6.92 Å². The molecule has 88 valence electrons. The molecule has 0 aromatic heterocycles. The average molecular weight is 284 g/mol. The average Bonchev–Trinajstić information content (AvgIpc) is 2.32. The molecule has 2 N–H and O–H groups in total. The van der Waals surface area contributed by atoms with Crippen molar-refractivity contribution in [3.05, 3.63) is 27.2 Å². The van der Waals surface area contributed by atoms with Crippen molar-refractivity contribution in [3.63, 3.8) is 0 Å². The molecule has 1 aromatic carbocycles. The first-order valence-corrected chi connectivity index (χ1v) is 6.67. The Bertz CT molecular complexity index is 390. The van der Waals surface area contributed by atoms with Crippen LogP contribution in [0.25, 0.3) is 0 Å². The zero-order valence-electron chi connectivity index (χ0n) is 9.68. The van der Waals surface area contributed by atoms with Gasteiger partial charge in [0.05, 0.1) is 4.47 Å². The molecule has 0 bridgehead atoms. The van der Waals surface area contributed by atoms with Crippen LogP contribution in [0.15, 0.2) is 10.5 Å². The molecular formula is C13H18BrNO. The number of hydrogen-bond acceptors (Lipinski definition) is 2. The first-order chi connectivity index (χ1) is 7.74. The van der Waals surface area contributed by atoms with Crippen LogP contribution in [-0.4, -0.2) is 13.2 Å². The molecule has 16 heavy (non-hydrogen) atoms. The summed E-state index contributed by atoms with van der Waals surface area (Å²) in [5, 5.41) is 0. The molecule has 0 amide bonds. The Labute approximate surface area is 105 Å². The minimum atomic E-state index is 0.558. The van der Waals surface area contributed by atoms with Gasteiger partial charge in [0.15, 0.2) is 0 Å². The molecule has 1 aromatic rings. The van der Waals surface area contributed by atoms with Gasteiger partial charge in [-0.2, -0.15) is 0 Å². The van der Waals surface area contributed by atoms with Crippen LogP contribution >= 0.6 is 15.9 Å². The normalized spacial score (nSPS) is 14.7. The predicted molar refractivity (Wildman–Crippen MR) is 70.1 cm³/mol. The van der Waals surface area contributed by atoms with E-state index in [1.54, 1.807) is 0 Å². The molecule has 0 heterocycles. The fourth-order valence-electron chi connectivity index (χ4n) is 2.35. The first-order valence-electron chi connectivity index (χ1n) is 5.87. The predicted octanol–water partition coefficient (Wildman–Crippen LogP) is 2.97. The molecule has 0 unspecified atom stereocenters. The number of halogens is 1. The lowest BCUT2D eigenvalue weighted by molar-refractivity contribution is 0.325. The number of nitrogens with two attached hydrogens (primary N) is 1. The van der Waals surface area contributed by atoms with Gasteiger partial charge in [0.2, 0.25) is 0 Å². The number of aryl methyl sites for hydroxylation is 1. The molecule has 0 spiro atoms. The van der Waals surface area contributed by atoms with Gasteiger partial charge in [0.1, 0.15) is 12.4 Å². The molecular weight excluding hydrogens is 266 g/mol. The third kappa shape index (κ3) is 2.25. The van der Waals surface area contributed by atoms with Crippen LogP contribution in [0.4, 0.5) is 0 Å². The van der Waals surface area contributed by atoms with Crippen molar-refractivity contribution in [3.8, 4) is 5.75 Å². The largest absolute Gasteiger partial charge is 0.491 e. The van der Waals surface area contributed by atoms with E-state index in [1.807, 2.05) is 0 Å². The number of ether oxygens (including phenoxy) is 1. The van der Waals surface area contributed by atoms with Gasteiger partial charge in [0.25, 0.3) is 0 Å². The van der Waals surface area contributed by atoms with E-state index in [9.17, 15) is 0 Å². The molecule has 0 aliphatic heterocycles. The van der Waals surface area contributed by atoms with E-state index in [0.717, 1.165) is 16.6 Å². The summed E-state index contributed by atoms with van der Waals surface area (Å²) in [5.74, 6) is 0.948. The van der Waals surface area contributed by atoms with E-state index in [0.29, 0.717) is 13.2 Å². The monoisotopic (exact) mass is 283 g/mol. The number of rotatable bonds is 3. The summed E-state index contributed by atoms with van der Waals surface area (Å²) in [4.78, 5) is 0. The molecule has 0 radical (unpaired) electrons. The molecule has 0 saturated heterocycles. The molecule has 2 nitrogen and oxygen atoms in total. The summed E-state index contributed by atoms with van der Waals surface area (Å²) < 4.78 is 6.80. The van der Waals surface area contributed by atoms with Gasteiger partial charge in [-0.1, -0.05) is 0 Å². The Kier molecular flexibility index (Phi) is 3.87. The highest BCUT2D eigenvalue weighted by molar-refractivity contribution is 9.10. The van der Waals surface area contributed by atoms with Crippen LogP contribution in [0.3, 0.4) is 0 Å². The maximum atomic E-state index is 5.66. The lowest BCUT2D eigenvalue weighted by Gasteiger charge is -2.22. The lowest BCUT2D eigenvalue weighted by atomic mass is 9.88. The van der Waals surface area contributed by atoms with Crippen molar-refractivity contribution in [2.24, 2.45) is 5.73 Å². The van der Waals surface area contributed by atoms with Crippen molar-refractivity contribution in [2.45, 2.75) is 32.6 Å². The summed E-state index contributed by atoms with van der Waals surface area (Å²) in [6.45, 7) is 3.31. The van der Waals surface area contributed by atoms with Crippen LogP contribution in [0.1, 0.15) is 29.5 Å². The molecule has 0 atom stereocenters. The van der Waals surface area contributed by atoms with Gasteiger partial charge in [-0.3, -0.25) is 0 Å². The van der Waals surface area contributed by atoms with Gasteiger partial charge in [0, 0.05) is 6.54 Å². The zero-order chi connectivity index (χ0) is 11.5. The Balaban J connectivity index is 2.37. The zero-order valence-corrected chi connectivity index (χ0v) is 11.3. The highest BCUT2D eigenvalue weighted by Crippen LogP contribution is 2.37. The van der Waals surface area contributed by atoms with E-state index >= 15 is 0 Å². The third-order valence-electron chi connectivity index (χ3n) is 3.15. The Hall–Kier alpha value is -0.540. The smallest absolute Gasteiger partial charge is 0.134 e. The summed E-state index contributed by atoms with van der Waals surface area (Å²) in [7, 11) is 0. The Morgan fingerprint density at radius 2 is 2.00 bits per heavy atom. The molecule has 3 heteroatoms. The topological polar surface area (TPSA) is 35.2 Å². The van der Waals surface area contributed by atoms with E-state index < -0.39 is 0 Å². The Morgan fingerprint density at radius 3 is 2.69 bits per heavy atom. The minimum Gasteiger partial charge on any atom is -0.491 e. The van der Waals surface area contributed by atoms with Crippen molar-refractivity contribution < 1.29 is 4.74 Å². The fraction of sp³-hybridized carbons (Fsp3) is 0.538. The van der Waals surface area contributed by atoms with Crippen LogP contribution in [0.2, 0.25) is 0 Å². The molecule has 1 aliphatic rings. The second kappa shape index (κ2) is 5.19. The van der Waals surface area contributed by atoms with Crippen molar-refractivity contribution in [1.29, 1.82) is 0 Å². The van der Waals surface area contributed by atoms with Crippen LogP contribution in [0.5, 0.6) is 5.75 Å². The third-order valence-corrected chi connectivity index (χ3v) is 4.02. The summed E-state index contributed by atoms with van der Waals surface area (Å²) in [6.07, 6.45) is 4.96. The van der Waals surface area contributed by atoms with E-state index in [2.05, 4.69) is 28.9 Å². The summed E-state index contributed by atoms with van der Waals surface area (Å²) >= 11 is 3.67. The van der Waals surface area contributed by atoms with Gasteiger partial charge < -0.3 is 10.5 Å². The van der Waals surface area contributed by atoms with Crippen molar-refractivity contribution >= 4 is 15.9 Å². The summed E-state index contributed by atoms with van der Waals surface area (Å²) in [5.41, 5.74) is 9.77. The standard InChI is InChI=1S/C13H18BrNO/c1-9-8-12(16-7-6-15)13(14)11-5-3-2-4-10(9)11/h8H,2-7,15H2,1H3. The van der Waals surface area contributed by atoms with E-state index in [1.165, 1.54) is 36.0 Å². The van der Waals surface area contributed by atoms with Crippen molar-refractivity contribution in [1.82, 2.24) is 0 Å². The fourth-order valence-corrected chi connectivity index (χ4v) is 3.02. The van der Waals surface area contributed by atoms with Crippen LogP contribution < -0.4 is 10.5 Å². The number of hydrogen-bond donors (Lipinski definition) is 1. The lowest BCUT2D eigenvalue weighted by Crippen LogP contribution is -2.12. The highest BCUT2D eigenvalue weighted by Gasteiger charge is 2.18. The minimum absolute atomic E-state index is 0.558. The number of fused-ring (bicyclic) bond motifs is 1. The van der Waals surface area contributed by atoms with Crippen LogP contribution in [-0.2, 0) is 12.8 Å². The summed E-state index contributed by atoms with van der Waals surface area (Å²) in [6, 6.07) is 2.13. The van der Waals surface area contributed by atoms with E-state index in [-0.39, 0.29) is 0 Å². The molecule has 0 fully saturated rings. The second-order valence-electron chi connectivity index (χ2n) is 4.31. The van der Waals surface area contributed by atoms with E-state index in [4.69, 9.17) is 10.5 Å². The second-order valence-corrected chi connectivity index (χ2v) is 5.10. The quantitative estimate of drug-likeness (QED) is 0.926. The highest BCUT2D eigenvalue weighted by atomic mass is 79.9. The molecule has 0 saturated carbocycles.